The molecule has 6 nitrogen and oxygen atoms in total. The molecule has 2 aromatic rings. The molecule has 0 aliphatic heterocycles. The van der Waals surface area contributed by atoms with Gasteiger partial charge in [0.2, 0.25) is 5.91 Å². The van der Waals surface area contributed by atoms with Crippen molar-refractivity contribution in [2.24, 2.45) is 11.3 Å². The van der Waals surface area contributed by atoms with Crippen molar-refractivity contribution in [3.8, 4) is 0 Å². The van der Waals surface area contributed by atoms with Gasteiger partial charge in [-0.1, -0.05) is 27.2 Å². The van der Waals surface area contributed by atoms with E-state index in [-0.39, 0.29) is 16.7 Å². The van der Waals surface area contributed by atoms with Crippen LogP contribution in [-0.2, 0) is 15.9 Å². The van der Waals surface area contributed by atoms with Crippen molar-refractivity contribution in [2.75, 3.05) is 11.4 Å². The largest absolute Gasteiger partial charge is 0.417 e. The van der Waals surface area contributed by atoms with Gasteiger partial charge >= 0.3 is 6.18 Å². The van der Waals surface area contributed by atoms with E-state index in [4.69, 9.17) is 4.52 Å². The Kier molecular flexibility index (Phi) is 6.29. The van der Waals surface area contributed by atoms with Gasteiger partial charge in [-0.2, -0.15) is 18.2 Å². The molecule has 6 rings (SSSR count). The Labute approximate surface area is 220 Å². The fraction of sp³-hybridized carbons (Fsp3) is 0.654. The molecule has 1 amide bonds. The molecule has 202 valence electrons. The molecule has 1 heterocycles. The monoisotopic (exact) mass is 587 g/mol. The minimum absolute atomic E-state index is 0.0370. The quantitative estimate of drug-likeness (QED) is 0.397. The van der Waals surface area contributed by atoms with Crippen LogP contribution in [0, 0.1) is 11.3 Å². The van der Waals surface area contributed by atoms with Crippen molar-refractivity contribution in [2.45, 2.75) is 88.1 Å². The summed E-state index contributed by atoms with van der Waals surface area (Å²) in [7, 11) is 0. The van der Waals surface area contributed by atoms with Crippen molar-refractivity contribution >= 4 is 27.5 Å². The van der Waals surface area contributed by atoms with E-state index in [0.29, 0.717) is 18.1 Å². The van der Waals surface area contributed by atoms with E-state index in [2.05, 4.69) is 26.1 Å². The first-order valence-corrected chi connectivity index (χ1v) is 13.3. The number of anilines is 1. The second-order valence-electron chi connectivity index (χ2n) is 11.7. The van der Waals surface area contributed by atoms with Crippen molar-refractivity contribution < 1.29 is 32.0 Å². The Balaban J connectivity index is 1.35. The van der Waals surface area contributed by atoms with Gasteiger partial charge in [-0.15, -0.1) is 0 Å². The maximum Gasteiger partial charge on any atom is 0.417 e. The van der Waals surface area contributed by atoms with Crippen LogP contribution < -0.4 is 4.90 Å². The molecule has 2 bridgehead atoms. The first-order valence-electron chi connectivity index (χ1n) is 12.6. The number of carbonyl (C=O) groups excluding carboxylic acids is 1. The van der Waals surface area contributed by atoms with Crippen molar-refractivity contribution in [3.05, 3.63) is 40.5 Å². The highest BCUT2D eigenvalue weighted by atomic mass is 79.9. The molecule has 0 atom stereocenters. The molecule has 1 N–H and O–H groups in total. The Morgan fingerprint density at radius 1 is 1.14 bits per heavy atom. The molecule has 0 saturated heterocycles. The molecule has 0 spiro atoms. The van der Waals surface area contributed by atoms with Gasteiger partial charge < -0.3 is 14.5 Å². The average Bonchev–Trinajstić information content (AvgIpc) is 3.33. The normalized spacial score (nSPS) is 31.7. The first kappa shape index (κ1) is 26.6. The van der Waals surface area contributed by atoms with E-state index in [1.165, 1.54) is 13.8 Å². The van der Waals surface area contributed by atoms with Crippen LogP contribution >= 0.6 is 15.9 Å². The molecule has 0 radical (unpaired) electrons. The molecule has 0 unspecified atom stereocenters. The zero-order valence-electron chi connectivity index (χ0n) is 20.7. The number of halogens is 5. The molecular formula is C26H30BrF4N3O3. The third-order valence-corrected chi connectivity index (χ3v) is 9.23. The van der Waals surface area contributed by atoms with Crippen LogP contribution in [0.5, 0.6) is 0 Å². The molecule has 4 aliphatic rings. The van der Waals surface area contributed by atoms with Crippen LogP contribution in [0.15, 0.2) is 33.3 Å². The lowest BCUT2D eigenvalue weighted by molar-refractivity contribution is -0.295. The standard InChI is InChI=1S/C26H30BrF4N3O3/c1-22(2,28)21-32-20(33-37-21)24-9-6-23(7-10-24,8-11-24)15-34(18-5-3-4-17(27)12-18)19(35)16-13-25(36,14-16)26(29,30)31/h3-5,12,16,36H,6-11,13-15H2,1-2H3. The van der Waals surface area contributed by atoms with Crippen molar-refractivity contribution in [1.82, 2.24) is 10.1 Å². The lowest BCUT2D eigenvalue weighted by Crippen LogP contribution is -2.60. The van der Waals surface area contributed by atoms with Gasteiger partial charge in [0, 0.05) is 28.0 Å². The van der Waals surface area contributed by atoms with Crippen LogP contribution in [-0.4, -0.2) is 39.5 Å². The van der Waals surface area contributed by atoms with E-state index in [1.54, 1.807) is 23.1 Å². The lowest BCUT2D eigenvalue weighted by Gasteiger charge is -2.54. The van der Waals surface area contributed by atoms with Crippen LogP contribution in [0.1, 0.15) is 76.9 Å². The number of fused-ring (bicyclic) bond motifs is 3. The van der Waals surface area contributed by atoms with Gasteiger partial charge in [0.15, 0.2) is 17.1 Å². The molecule has 4 fully saturated rings. The Hall–Kier alpha value is -2.01. The van der Waals surface area contributed by atoms with Gasteiger partial charge in [0.05, 0.1) is 0 Å². The summed E-state index contributed by atoms with van der Waals surface area (Å²) >= 11 is 3.43. The topological polar surface area (TPSA) is 79.5 Å². The van der Waals surface area contributed by atoms with Gasteiger partial charge in [0.25, 0.3) is 5.89 Å². The predicted octanol–water partition coefficient (Wildman–Crippen LogP) is 6.37. The third-order valence-electron chi connectivity index (χ3n) is 8.74. The molecule has 37 heavy (non-hydrogen) atoms. The summed E-state index contributed by atoms with van der Waals surface area (Å²) in [6, 6.07) is 7.18. The maximum atomic E-state index is 14.3. The maximum absolute atomic E-state index is 14.3. The highest BCUT2D eigenvalue weighted by Gasteiger charge is 2.63. The highest BCUT2D eigenvalue weighted by Crippen LogP contribution is 2.58. The number of carbonyl (C=O) groups is 1. The SMILES string of the molecule is CC(C)(F)c1nc(C23CCC(CN(C(=O)C4CC(O)(C(F)(F)F)C4)c4cccc(Br)c4)(CC2)CC3)no1. The summed E-state index contributed by atoms with van der Waals surface area (Å²) in [5.74, 6) is -0.792. The minimum Gasteiger partial charge on any atom is -0.380 e. The first-order chi connectivity index (χ1) is 17.2. The van der Waals surface area contributed by atoms with Crippen LogP contribution in [0.2, 0.25) is 0 Å². The van der Waals surface area contributed by atoms with Gasteiger partial charge in [-0.3, -0.25) is 4.79 Å². The number of aromatic nitrogens is 2. The molecule has 1 aromatic heterocycles. The average molecular weight is 588 g/mol. The number of nitrogens with zero attached hydrogens (tertiary/aromatic N) is 3. The minimum atomic E-state index is -4.76. The van der Waals surface area contributed by atoms with E-state index in [1.807, 2.05) is 6.07 Å². The Morgan fingerprint density at radius 2 is 1.76 bits per heavy atom. The second kappa shape index (κ2) is 8.76. The highest BCUT2D eigenvalue weighted by molar-refractivity contribution is 9.10. The molecule has 4 aliphatic carbocycles. The summed E-state index contributed by atoms with van der Waals surface area (Å²) in [4.78, 5) is 19.5. The summed E-state index contributed by atoms with van der Waals surface area (Å²) < 4.78 is 59.9. The molecule has 1 aromatic carbocycles. The zero-order chi connectivity index (χ0) is 26.9. The Bertz CT molecular complexity index is 1160. The summed E-state index contributed by atoms with van der Waals surface area (Å²) in [5, 5.41) is 14.0. The van der Waals surface area contributed by atoms with Crippen molar-refractivity contribution in [1.29, 1.82) is 0 Å². The van der Waals surface area contributed by atoms with Crippen LogP contribution in [0.25, 0.3) is 0 Å². The van der Waals surface area contributed by atoms with Gasteiger partial charge in [-0.25, -0.2) is 4.39 Å². The number of benzene rings is 1. The number of alkyl halides is 4. The van der Waals surface area contributed by atoms with E-state index in [0.717, 1.165) is 43.0 Å². The van der Waals surface area contributed by atoms with Gasteiger partial charge in [-0.05, 0) is 88.8 Å². The third kappa shape index (κ3) is 4.70. The zero-order valence-corrected chi connectivity index (χ0v) is 22.3. The van der Waals surface area contributed by atoms with Gasteiger partial charge in [0.1, 0.15) is 0 Å². The fourth-order valence-electron chi connectivity index (χ4n) is 6.17. The summed E-state index contributed by atoms with van der Waals surface area (Å²) in [5.41, 5.74) is -4.40. The molecule has 11 heteroatoms. The number of hydrogen-bond acceptors (Lipinski definition) is 5. The Morgan fingerprint density at radius 3 is 2.27 bits per heavy atom. The number of aliphatic hydroxyl groups is 1. The van der Waals surface area contributed by atoms with Crippen LogP contribution in [0.4, 0.5) is 23.2 Å². The number of rotatable bonds is 6. The number of amides is 1. The van der Waals surface area contributed by atoms with E-state index in [9.17, 15) is 27.5 Å². The molecular weight excluding hydrogens is 558 g/mol. The van der Waals surface area contributed by atoms with Crippen molar-refractivity contribution in [3.63, 3.8) is 0 Å². The predicted molar refractivity (Wildman–Crippen MR) is 130 cm³/mol. The fourth-order valence-corrected chi connectivity index (χ4v) is 6.56. The lowest BCUT2D eigenvalue weighted by atomic mass is 9.53. The smallest absolute Gasteiger partial charge is 0.380 e. The van der Waals surface area contributed by atoms with Crippen LogP contribution in [0.3, 0.4) is 0 Å². The summed E-state index contributed by atoms with van der Waals surface area (Å²) in [6.07, 6.45) is -1.38. The van der Waals surface area contributed by atoms with E-state index < -0.39 is 42.1 Å². The molecule has 4 saturated carbocycles. The number of hydrogen-bond donors (Lipinski definition) is 1. The second-order valence-corrected chi connectivity index (χ2v) is 12.6. The van der Waals surface area contributed by atoms with E-state index >= 15 is 0 Å². The summed E-state index contributed by atoms with van der Waals surface area (Å²) in [6.45, 7) is 3.13.